The molecule has 3 atom stereocenters. The molecule has 0 spiro atoms. The number of phosphoric acid groups is 1. The molecule has 342 valence electrons. The fourth-order valence-corrected chi connectivity index (χ4v) is 6.96. The van der Waals surface area contributed by atoms with Crippen molar-refractivity contribution in [2.24, 2.45) is 5.73 Å². The van der Waals surface area contributed by atoms with Gasteiger partial charge in [0.25, 0.3) is 0 Å². The molecule has 0 aliphatic carbocycles. The molecule has 0 aromatic rings. The number of hydrogen-bond donors (Lipinski definition) is 3. The maximum atomic E-state index is 12.7. The third kappa shape index (κ3) is 43.6. The Morgan fingerprint density at radius 1 is 0.559 bits per heavy atom. The Morgan fingerprint density at radius 3 is 1.49 bits per heavy atom. The highest BCUT2D eigenvalue weighted by molar-refractivity contribution is 7.47. The van der Waals surface area contributed by atoms with E-state index in [-0.39, 0.29) is 13.0 Å². The lowest BCUT2D eigenvalue weighted by Crippen LogP contribution is -2.34. The summed E-state index contributed by atoms with van der Waals surface area (Å²) in [5.74, 6) is -1.79. The second-order valence-corrected chi connectivity index (χ2v) is 17.0. The summed E-state index contributed by atoms with van der Waals surface area (Å²) in [5, 5.41) is 8.91. The first-order chi connectivity index (χ1) is 28.7. The smallest absolute Gasteiger partial charge is 0.472 e. The summed E-state index contributed by atoms with van der Waals surface area (Å²) in [6.07, 6.45) is 52.7. The van der Waals surface area contributed by atoms with Gasteiger partial charge in [-0.1, -0.05) is 171 Å². The minimum atomic E-state index is -4.63. The van der Waals surface area contributed by atoms with Gasteiger partial charge in [0.1, 0.15) is 12.1 Å². The number of nitrogens with two attached hydrogens (primary N) is 1. The van der Waals surface area contributed by atoms with Crippen LogP contribution < -0.4 is 5.73 Å². The third-order valence-electron chi connectivity index (χ3n) is 9.78. The molecular formula is C48H86NO9P. The van der Waals surface area contributed by atoms with Crippen molar-refractivity contribution in [3.8, 4) is 0 Å². The molecule has 0 aliphatic heterocycles. The summed E-state index contributed by atoms with van der Waals surface area (Å²) in [5.41, 5.74) is 5.36. The number of aliphatic carboxylic acids is 1. The Labute approximate surface area is 360 Å². The number of esters is 1. The van der Waals surface area contributed by atoms with Crippen LogP contribution in [-0.4, -0.2) is 60.5 Å². The molecule has 0 saturated heterocycles. The van der Waals surface area contributed by atoms with E-state index >= 15 is 0 Å². The van der Waals surface area contributed by atoms with Crippen LogP contribution in [0.15, 0.2) is 60.8 Å². The molecule has 0 aromatic heterocycles. The third-order valence-corrected chi connectivity index (χ3v) is 10.7. The number of hydrogen-bond acceptors (Lipinski definition) is 8. The number of carbonyl (C=O) groups excluding carboxylic acids is 1. The van der Waals surface area contributed by atoms with E-state index in [4.69, 9.17) is 29.4 Å². The van der Waals surface area contributed by atoms with Crippen LogP contribution in [0.5, 0.6) is 0 Å². The van der Waals surface area contributed by atoms with Crippen molar-refractivity contribution in [3.05, 3.63) is 60.8 Å². The Bertz CT molecular complexity index is 1170. The highest BCUT2D eigenvalue weighted by Gasteiger charge is 2.27. The lowest BCUT2D eigenvalue weighted by molar-refractivity contribution is -0.154. The molecule has 59 heavy (non-hydrogen) atoms. The first-order valence-corrected chi connectivity index (χ1v) is 24.8. The average molecular weight is 852 g/mol. The van der Waals surface area contributed by atoms with Crippen LogP contribution in [0.1, 0.15) is 194 Å². The number of carboxylic acid groups (broad SMARTS) is 1. The first-order valence-electron chi connectivity index (χ1n) is 23.3. The van der Waals surface area contributed by atoms with Gasteiger partial charge in [-0.25, -0.2) is 4.57 Å². The van der Waals surface area contributed by atoms with Gasteiger partial charge in [-0.3, -0.25) is 18.6 Å². The molecule has 11 heteroatoms. The van der Waals surface area contributed by atoms with E-state index in [1.54, 1.807) is 0 Å². The summed E-state index contributed by atoms with van der Waals surface area (Å²) in [6, 6.07) is -1.48. The van der Waals surface area contributed by atoms with E-state index in [2.05, 4.69) is 74.6 Å². The lowest BCUT2D eigenvalue weighted by Gasteiger charge is -2.20. The predicted molar refractivity (Wildman–Crippen MR) is 244 cm³/mol. The van der Waals surface area contributed by atoms with Gasteiger partial charge in [0.05, 0.1) is 19.8 Å². The Balaban J connectivity index is 4.23. The highest BCUT2D eigenvalue weighted by atomic mass is 31.2. The molecule has 0 bridgehead atoms. The summed E-state index contributed by atoms with van der Waals surface area (Å²) in [4.78, 5) is 33.6. The van der Waals surface area contributed by atoms with Crippen molar-refractivity contribution in [2.75, 3.05) is 26.4 Å². The Kier molecular flexibility index (Phi) is 42.0. The van der Waals surface area contributed by atoms with Crippen molar-refractivity contribution in [2.45, 2.75) is 206 Å². The molecule has 0 aromatic carbocycles. The lowest BCUT2D eigenvalue weighted by atomic mass is 10.1. The van der Waals surface area contributed by atoms with Crippen LogP contribution >= 0.6 is 7.82 Å². The summed E-state index contributed by atoms with van der Waals surface area (Å²) < 4.78 is 33.4. The van der Waals surface area contributed by atoms with E-state index in [9.17, 15) is 19.0 Å². The van der Waals surface area contributed by atoms with E-state index in [0.29, 0.717) is 13.0 Å². The maximum absolute atomic E-state index is 12.7. The fraction of sp³-hybridized carbons (Fsp3) is 0.750. The zero-order chi connectivity index (χ0) is 43.3. The second kappa shape index (κ2) is 43.7. The van der Waals surface area contributed by atoms with Gasteiger partial charge < -0.3 is 25.2 Å². The second-order valence-electron chi connectivity index (χ2n) is 15.5. The number of rotatable bonds is 44. The molecule has 0 saturated carbocycles. The van der Waals surface area contributed by atoms with Crippen molar-refractivity contribution in [1.82, 2.24) is 0 Å². The first kappa shape index (κ1) is 56.7. The largest absolute Gasteiger partial charge is 0.480 e. The van der Waals surface area contributed by atoms with Gasteiger partial charge in [0, 0.05) is 13.0 Å². The summed E-state index contributed by atoms with van der Waals surface area (Å²) in [6.45, 7) is 3.74. The monoisotopic (exact) mass is 852 g/mol. The van der Waals surface area contributed by atoms with Gasteiger partial charge in [-0.2, -0.15) is 0 Å². The van der Waals surface area contributed by atoms with E-state index in [1.165, 1.54) is 89.9 Å². The number of carbonyl (C=O) groups is 2. The SMILES string of the molecule is CC/C=C\C/C=C\C/C=C\C/C=C\CCCCCCCCCOCC(COP(=O)(O)OCC(N)C(=O)O)OC(=O)CCCCCCCCC/C=C\CCCCCCCC. The van der Waals surface area contributed by atoms with Crippen molar-refractivity contribution in [1.29, 1.82) is 0 Å². The quantitative estimate of drug-likeness (QED) is 0.0233. The van der Waals surface area contributed by atoms with E-state index < -0.39 is 45.1 Å². The van der Waals surface area contributed by atoms with Gasteiger partial charge in [0.15, 0.2) is 0 Å². The van der Waals surface area contributed by atoms with Gasteiger partial charge in [-0.15, -0.1) is 0 Å². The van der Waals surface area contributed by atoms with Crippen LogP contribution in [0.3, 0.4) is 0 Å². The summed E-state index contributed by atoms with van der Waals surface area (Å²) in [7, 11) is -4.63. The number of carboxylic acids is 1. The number of allylic oxidation sites excluding steroid dienone is 10. The molecule has 3 unspecified atom stereocenters. The normalized spacial score (nSPS) is 14.4. The molecule has 0 rings (SSSR count). The zero-order valence-electron chi connectivity index (χ0n) is 37.3. The summed E-state index contributed by atoms with van der Waals surface area (Å²) >= 11 is 0. The van der Waals surface area contributed by atoms with E-state index in [0.717, 1.165) is 77.0 Å². The van der Waals surface area contributed by atoms with Gasteiger partial charge in [0.2, 0.25) is 0 Å². The molecule has 0 aliphatic rings. The van der Waals surface area contributed by atoms with Crippen molar-refractivity contribution < 1.29 is 42.7 Å². The topological polar surface area (TPSA) is 155 Å². The molecule has 0 amide bonds. The number of phosphoric ester groups is 1. The molecule has 0 heterocycles. The molecule has 0 fully saturated rings. The van der Waals surface area contributed by atoms with Gasteiger partial charge in [-0.05, 0) is 77.0 Å². The minimum absolute atomic E-state index is 0.00587. The van der Waals surface area contributed by atoms with Crippen LogP contribution in [0.2, 0.25) is 0 Å². The van der Waals surface area contributed by atoms with Crippen LogP contribution in [0.4, 0.5) is 0 Å². The van der Waals surface area contributed by atoms with Crippen molar-refractivity contribution in [3.63, 3.8) is 0 Å². The number of ether oxygens (including phenoxy) is 2. The van der Waals surface area contributed by atoms with Crippen LogP contribution in [0.25, 0.3) is 0 Å². The maximum Gasteiger partial charge on any atom is 0.472 e. The fourth-order valence-electron chi connectivity index (χ4n) is 6.18. The average Bonchev–Trinajstić information content (AvgIpc) is 3.21. The molecule has 10 nitrogen and oxygen atoms in total. The van der Waals surface area contributed by atoms with Gasteiger partial charge >= 0.3 is 19.8 Å². The van der Waals surface area contributed by atoms with E-state index in [1.807, 2.05) is 0 Å². The minimum Gasteiger partial charge on any atom is -0.480 e. The van der Waals surface area contributed by atoms with Crippen molar-refractivity contribution >= 4 is 19.8 Å². The predicted octanol–water partition coefficient (Wildman–Crippen LogP) is 13.2. The van der Waals surface area contributed by atoms with Crippen LogP contribution in [0, 0.1) is 0 Å². The highest BCUT2D eigenvalue weighted by Crippen LogP contribution is 2.43. The molecule has 4 N–H and O–H groups in total. The Hall–Kier alpha value is -2.33. The number of unbranched alkanes of at least 4 members (excludes halogenated alkanes) is 20. The Morgan fingerprint density at radius 2 is 0.983 bits per heavy atom. The molecular weight excluding hydrogens is 765 g/mol. The standard InChI is InChI=1S/C48H86NO9P/c1-3-5-7-9-11-13-15-17-19-21-22-23-25-27-29-31-33-35-37-39-41-55-42-45(43-56-59(53,54)57-44-46(49)48(51)52)58-47(50)40-38-36-34-32-30-28-26-24-20-18-16-14-12-10-8-6-4-2/h5,7,11,13,17-20,22-23,45-46H,3-4,6,8-10,12,14-16,21,24-44,49H2,1-2H3,(H,51,52)(H,53,54)/b7-5-,13-11-,19-17-,20-18-,23-22-. The molecule has 0 radical (unpaired) electrons. The zero-order valence-corrected chi connectivity index (χ0v) is 38.2. The van der Waals surface area contributed by atoms with Crippen LogP contribution in [-0.2, 0) is 32.7 Å².